The Morgan fingerprint density at radius 2 is 2.32 bits per heavy atom. The quantitative estimate of drug-likeness (QED) is 0.841. The highest BCUT2D eigenvalue weighted by Gasteiger charge is 2.20. The summed E-state index contributed by atoms with van der Waals surface area (Å²) in [7, 11) is -3.61. The number of hydrogen-bond donors (Lipinski definition) is 2. The molecule has 0 bridgehead atoms. The fourth-order valence-electron chi connectivity index (χ4n) is 1.73. The molecule has 1 aliphatic rings. The minimum absolute atomic E-state index is 0.0160. The minimum atomic E-state index is -3.61. The maximum atomic E-state index is 12.1. The molecule has 1 aliphatic heterocycles. The maximum Gasteiger partial charge on any atom is 0.242 e. The van der Waals surface area contributed by atoms with Crippen LogP contribution < -0.4 is 10.0 Å². The molecule has 1 atom stereocenters. The van der Waals surface area contributed by atoms with Crippen LogP contribution in [0.5, 0.6) is 0 Å². The van der Waals surface area contributed by atoms with Gasteiger partial charge in [-0.15, -0.1) is 0 Å². The molecule has 1 unspecified atom stereocenters. The van der Waals surface area contributed by atoms with Crippen LogP contribution in [0.3, 0.4) is 0 Å². The van der Waals surface area contributed by atoms with Crippen molar-refractivity contribution in [3.8, 4) is 0 Å². The maximum absolute atomic E-state index is 12.1. The van der Waals surface area contributed by atoms with Gasteiger partial charge in [0.1, 0.15) is 4.90 Å². The number of halogens is 2. The molecular formula is C11H14BrClN2O3S. The molecule has 0 saturated carbocycles. The Labute approximate surface area is 125 Å². The van der Waals surface area contributed by atoms with Gasteiger partial charge in [-0.05, 0) is 18.2 Å². The summed E-state index contributed by atoms with van der Waals surface area (Å²) in [6, 6.07) is 4.65. The number of rotatable bonds is 4. The molecule has 19 heavy (non-hydrogen) atoms. The minimum Gasteiger partial charge on any atom is -0.378 e. The van der Waals surface area contributed by atoms with E-state index in [1.807, 2.05) is 0 Å². The first-order valence-corrected chi connectivity index (χ1v) is 8.40. The van der Waals surface area contributed by atoms with E-state index >= 15 is 0 Å². The third kappa shape index (κ3) is 4.14. The third-order valence-electron chi connectivity index (χ3n) is 2.70. The molecule has 5 nitrogen and oxygen atoms in total. The second kappa shape index (κ2) is 6.51. The van der Waals surface area contributed by atoms with Crippen molar-refractivity contribution in [2.75, 3.05) is 26.3 Å². The largest absolute Gasteiger partial charge is 0.378 e. The Morgan fingerprint density at radius 3 is 2.95 bits per heavy atom. The Morgan fingerprint density at radius 1 is 1.53 bits per heavy atom. The van der Waals surface area contributed by atoms with Gasteiger partial charge in [-0.2, -0.15) is 0 Å². The summed E-state index contributed by atoms with van der Waals surface area (Å²) in [6.45, 7) is 2.15. The Hall–Kier alpha value is -0.180. The van der Waals surface area contributed by atoms with E-state index in [9.17, 15) is 8.42 Å². The van der Waals surface area contributed by atoms with Gasteiger partial charge in [-0.3, -0.25) is 0 Å². The van der Waals surface area contributed by atoms with Crippen molar-refractivity contribution in [1.82, 2.24) is 10.0 Å². The summed E-state index contributed by atoms with van der Waals surface area (Å²) in [5, 5.41) is 3.36. The van der Waals surface area contributed by atoms with Crippen LogP contribution in [-0.2, 0) is 14.8 Å². The number of benzene rings is 1. The van der Waals surface area contributed by atoms with Crippen LogP contribution in [0.15, 0.2) is 27.6 Å². The number of ether oxygens (including phenoxy) is 1. The standard InChI is InChI=1S/C11H14BrClN2O3S/c12-8-1-2-11(10(13)5-8)19(16,17)15-6-9-7-18-4-3-14-9/h1-2,5,9,14-15H,3-4,6-7H2. The average Bonchev–Trinajstić information content (AvgIpc) is 2.37. The van der Waals surface area contributed by atoms with E-state index in [1.54, 1.807) is 12.1 Å². The predicted octanol–water partition coefficient (Wildman–Crippen LogP) is 1.37. The fourth-order valence-corrected chi connectivity index (χ4v) is 3.85. The zero-order valence-corrected chi connectivity index (χ0v) is 13.2. The van der Waals surface area contributed by atoms with Crippen molar-refractivity contribution >= 4 is 37.6 Å². The van der Waals surface area contributed by atoms with Gasteiger partial charge in [0.15, 0.2) is 0 Å². The van der Waals surface area contributed by atoms with Crippen molar-refractivity contribution in [2.24, 2.45) is 0 Å². The highest BCUT2D eigenvalue weighted by molar-refractivity contribution is 9.10. The van der Waals surface area contributed by atoms with Crippen molar-refractivity contribution in [1.29, 1.82) is 0 Å². The lowest BCUT2D eigenvalue weighted by molar-refractivity contribution is 0.0784. The van der Waals surface area contributed by atoms with Gasteiger partial charge >= 0.3 is 0 Å². The first-order chi connectivity index (χ1) is 8.99. The van der Waals surface area contributed by atoms with Gasteiger partial charge in [0.05, 0.1) is 18.2 Å². The highest BCUT2D eigenvalue weighted by atomic mass is 79.9. The fraction of sp³-hybridized carbons (Fsp3) is 0.455. The van der Waals surface area contributed by atoms with Crippen LogP contribution in [0.1, 0.15) is 0 Å². The molecule has 0 radical (unpaired) electrons. The second-order valence-corrected chi connectivity index (χ2v) is 7.21. The van der Waals surface area contributed by atoms with Crippen LogP contribution in [-0.4, -0.2) is 40.8 Å². The summed E-state index contributed by atoms with van der Waals surface area (Å²) in [5.41, 5.74) is 0. The van der Waals surface area contributed by atoms with Gasteiger partial charge in [0.2, 0.25) is 10.0 Å². The SMILES string of the molecule is O=S(=O)(NCC1COCCN1)c1ccc(Br)cc1Cl. The lowest BCUT2D eigenvalue weighted by Crippen LogP contribution is -2.48. The molecule has 1 saturated heterocycles. The highest BCUT2D eigenvalue weighted by Crippen LogP contribution is 2.24. The van der Waals surface area contributed by atoms with Gasteiger partial charge < -0.3 is 10.1 Å². The van der Waals surface area contributed by atoms with Gasteiger partial charge in [0, 0.05) is 23.6 Å². The molecule has 0 amide bonds. The molecule has 8 heteroatoms. The van der Waals surface area contributed by atoms with Crippen molar-refractivity contribution < 1.29 is 13.2 Å². The Balaban J connectivity index is 2.05. The molecule has 0 aliphatic carbocycles. The molecular weight excluding hydrogens is 356 g/mol. The summed E-state index contributed by atoms with van der Waals surface area (Å²) in [5.74, 6) is 0. The zero-order valence-electron chi connectivity index (χ0n) is 10.0. The number of hydrogen-bond acceptors (Lipinski definition) is 4. The lowest BCUT2D eigenvalue weighted by atomic mass is 10.3. The lowest BCUT2D eigenvalue weighted by Gasteiger charge is -2.24. The molecule has 2 rings (SSSR count). The molecule has 1 aromatic rings. The van der Waals surface area contributed by atoms with Crippen molar-refractivity contribution in [2.45, 2.75) is 10.9 Å². The van der Waals surface area contributed by atoms with Crippen molar-refractivity contribution in [3.05, 3.63) is 27.7 Å². The van der Waals surface area contributed by atoms with E-state index in [0.29, 0.717) is 13.2 Å². The van der Waals surface area contributed by atoms with Crippen molar-refractivity contribution in [3.63, 3.8) is 0 Å². The van der Waals surface area contributed by atoms with E-state index in [1.165, 1.54) is 6.07 Å². The summed E-state index contributed by atoms with van der Waals surface area (Å²) < 4.78 is 32.8. The van der Waals surface area contributed by atoms with E-state index in [0.717, 1.165) is 11.0 Å². The number of nitrogens with one attached hydrogen (secondary N) is 2. The van der Waals surface area contributed by atoms with Gasteiger partial charge in [0.25, 0.3) is 0 Å². The average molecular weight is 370 g/mol. The van der Waals surface area contributed by atoms with Crippen LogP contribution in [0.25, 0.3) is 0 Å². The normalized spacial score (nSPS) is 20.4. The monoisotopic (exact) mass is 368 g/mol. The van der Waals surface area contributed by atoms with Crippen LogP contribution in [0.4, 0.5) is 0 Å². The molecule has 1 heterocycles. The van der Waals surface area contributed by atoms with E-state index in [4.69, 9.17) is 16.3 Å². The molecule has 1 fully saturated rings. The number of morpholine rings is 1. The van der Waals surface area contributed by atoms with Gasteiger partial charge in [-0.1, -0.05) is 27.5 Å². The predicted molar refractivity (Wildman–Crippen MR) is 77.0 cm³/mol. The molecule has 0 spiro atoms. The van der Waals surface area contributed by atoms with Gasteiger partial charge in [-0.25, -0.2) is 13.1 Å². The summed E-state index contributed by atoms with van der Waals surface area (Å²) in [4.78, 5) is 0.0779. The van der Waals surface area contributed by atoms with E-state index < -0.39 is 10.0 Å². The molecule has 1 aromatic carbocycles. The molecule has 2 N–H and O–H groups in total. The summed E-state index contributed by atoms with van der Waals surface area (Å²) in [6.07, 6.45) is 0. The first kappa shape index (κ1) is 15.2. The second-order valence-electron chi connectivity index (χ2n) is 4.15. The van der Waals surface area contributed by atoms with E-state index in [2.05, 4.69) is 26.0 Å². The zero-order chi connectivity index (χ0) is 13.9. The Bertz CT molecular complexity index is 547. The summed E-state index contributed by atoms with van der Waals surface area (Å²) >= 11 is 9.18. The van der Waals surface area contributed by atoms with Crippen LogP contribution >= 0.6 is 27.5 Å². The Kier molecular flexibility index (Phi) is 5.22. The topological polar surface area (TPSA) is 67.4 Å². The van der Waals surface area contributed by atoms with E-state index in [-0.39, 0.29) is 22.5 Å². The molecule has 0 aromatic heterocycles. The number of sulfonamides is 1. The smallest absolute Gasteiger partial charge is 0.242 e. The molecule has 106 valence electrons. The third-order valence-corrected chi connectivity index (χ3v) is 5.10. The first-order valence-electron chi connectivity index (χ1n) is 5.75. The van der Waals surface area contributed by atoms with Crippen LogP contribution in [0.2, 0.25) is 5.02 Å². The van der Waals surface area contributed by atoms with Crippen LogP contribution in [0, 0.1) is 0 Å².